The molecule has 2 aromatic rings. The third-order valence-corrected chi connectivity index (χ3v) is 4.54. The predicted octanol–water partition coefficient (Wildman–Crippen LogP) is 2.81. The maximum atomic E-state index is 12.3. The molecule has 2 aromatic carbocycles. The highest BCUT2D eigenvalue weighted by molar-refractivity contribution is 7.92. The highest BCUT2D eigenvalue weighted by atomic mass is 32.2. The maximum absolute atomic E-state index is 12.3. The van der Waals surface area contributed by atoms with Crippen molar-refractivity contribution >= 4 is 27.3 Å². The standard InChI is InChI=1S/C15H14N2O4S/c1-2-22(19,20)17-10-7-8-13-11(9-10)15(18)16-12-5-3-4-6-14(12)21-13/h3-9,17H,2H2,1H3,(H,16,18). The second kappa shape index (κ2) is 5.34. The predicted molar refractivity (Wildman–Crippen MR) is 84.0 cm³/mol. The molecule has 0 saturated carbocycles. The van der Waals surface area contributed by atoms with Gasteiger partial charge in [0.1, 0.15) is 5.75 Å². The molecule has 0 radical (unpaired) electrons. The van der Waals surface area contributed by atoms with E-state index >= 15 is 0 Å². The number of fused-ring (bicyclic) bond motifs is 2. The molecule has 0 fully saturated rings. The van der Waals surface area contributed by atoms with E-state index in [1.807, 2.05) is 0 Å². The SMILES string of the molecule is CCS(=O)(=O)Nc1ccc2c(c1)C(=O)Nc1ccccc1O2. The van der Waals surface area contributed by atoms with Crippen LogP contribution in [-0.4, -0.2) is 20.1 Å². The molecule has 0 atom stereocenters. The lowest BCUT2D eigenvalue weighted by Crippen LogP contribution is -2.16. The average Bonchev–Trinajstić information content (AvgIpc) is 2.63. The lowest BCUT2D eigenvalue weighted by Gasteiger charge is -2.10. The monoisotopic (exact) mass is 318 g/mol. The third-order valence-electron chi connectivity index (χ3n) is 3.23. The number of sulfonamides is 1. The number of ether oxygens (including phenoxy) is 1. The minimum Gasteiger partial charge on any atom is -0.454 e. The Morgan fingerprint density at radius 1 is 1.14 bits per heavy atom. The Bertz CT molecular complexity index is 846. The molecule has 1 aliphatic heterocycles. The third kappa shape index (κ3) is 2.75. The summed E-state index contributed by atoms with van der Waals surface area (Å²) in [7, 11) is -3.40. The van der Waals surface area contributed by atoms with Crippen LogP contribution in [0.25, 0.3) is 0 Å². The van der Waals surface area contributed by atoms with Gasteiger partial charge in [-0.3, -0.25) is 9.52 Å². The Balaban J connectivity index is 2.00. The Labute approximate surface area is 128 Å². The Kier molecular flexibility index (Phi) is 3.50. The number of carbonyl (C=O) groups is 1. The molecule has 1 heterocycles. The Morgan fingerprint density at radius 2 is 1.91 bits per heavy atom. The summed E-state index contributed by atoms with van der Waals surface area (Å²) in [6, 6.07) is 11.7. The molecule has 114 valence electrons. The number of carbonyl (C=O) groups excluding carboxylic acids is 1. The normalized spacial score (nSPS) is 13.2. The fourth-order valence-electron chi connectivity index (χ4n) is 2.08. The second-order valence-corrected chi connectivity index (χ2v) is 6.78. The van der Waals surface area contributed by atoms with Crippen LogP contribution in [0.3, 0.4) is 0 Å². The van der Waals surface area contributed by atoms with Gasteiger partial charge in [0.25, 0.3) is 5.91 Å². The van der Waals surface area contributed by atoms with Crippen molar-refractivity contribution in [3.05, 3.63) is 48.0 Å². The first kappa shape index (κ1) is 14.4. The highest BCUT2D eigenvalue weighted by Crippen LogP contribution is 2.36. The summed E-state index contributed by atoms with van der Waals surface area (Å²) in [5.74, 6) is 0.522. The molecule has 2 N–H and O–H groups in total. The van der Waals surface area contributed by atoms with Gasteiger partial charge in [0, 0.05) is 5.69 Å². The minimum absolute atomic E-state index is 0.0434. The maximum Gasteiger partial charge on any atom is 0.259 e. The van der Waals surface area contributed by atoms with Crippen molar-refractivity contribution in [2.75, 3.05) is 15.8 Å². The zero-order chi connectivity index (χ0) is 15.7. The number of hydrogen-bond donors (Lipinski definition) is 2. The molecule has 0 spiro atoms. The first-order valence-electron chi connectivity index (χ1n) is 6.71. The summed E-state index contributed by atoms with van der Waals surface area (Å²) in [5.41, 5.74) is 1.16. The molecule has 22 heavy (non-hydrogen) atoms. The zero-order valence-electron chi connectivity index (χ0n) is 11.8. The average molecular weight is 318 g/mol. The summed E-state index contributed by atoms with van der Waals surface area (Å²) < 4.78 is 31.4. The number of para-hydroxylation sites is 2. The molecule has 0 bridgehead atoms. The van der Waals surface area contributed by atoms with Gasteiger partial charge in [-0.05, 0) is 37.3 Å². The van der Waals surface area contributed by atoms with Crippen LogP contribution in [0.4, 0.5) is 11.4 Å². The molecule has 6 nitrogen and oxygen atoms in total. The van der Waals surface area contributed by atoms with Crippen LogP contribution in [0, 0.1) is 0 Å². The molecule has 7 heteroatoms. The summed E-state index contributed by atoms with van der Waals surface area (Å²) in [5, 5.41) is 2.74. The van der Waals surface area contributed by atoms with Crippen LogP contribution in [0.1, 0.15) is 17.3 Å². The number of rotatable bonds is 3. The number of amides is 1. The van der Waals surface area contributed by atoms with Crippen molar-refractivity contribution in [2.24, 2.45) is 0 Å². The largest absolute Gasteiger partial charge is 0.454 e. The molecule has 1 aliphatic rings. The smallest absolute Gasteiger partial charge is 0.259 e. The number of hydrogen-bond acceptors (Lipinski definition) is 4. The van der Waals surface area contributed by atoms with E-state index in [1.165, 1.54) is 13.0 Å². The molecule has 0 aromatic heterocycles. The molecular formula is C15H14N2O4S. The highest BCUT2D eigenvalue weighted by Gasteiger charge is 2.21. The van der Waals surface area contributed by atoms with Crippen LogP contribution in [0.15, 0.2) is 42.5 Å². The van der Waals surface area contributed by atoms with Gasteiger partial charge in [0.2, 0.25) is 10.0 Å². The van der Waals surface area contributed by atoms with Gasteiger partial charge < -0.3 is 10.1 Å². The van der Waals surface area contributed by atoms with Gasteiger partial charge in [-0.15, -0.1) is 0 Å². The Hall–Kier alpha value is -2.54. The van der Waals surface area contributed by atoms with Crippen LogP contribution < -0.4 is 14.8 Å². The number of benzene rings is 2. The van der Waals surface area contributed by atoms with Gasteiger partial charge in [0.15, 0.2) is 5.75 Å². The van der Waals surface area contributed by atoms with E-state index in [0.29, 0.717) is 22.9 Å². The zero-order valence-corrected chi connectivity index (χ0v) is 12.6. The van der Waals surface area contributed by atoms with E-state index in [1.54, 1.807) is 36.4 Å². The van der Waals surface area contributed by atoms with Crippen LogP contribution >= 0.6 is 0 Å². The van der Waals surface area contributed by atoms with E-state index in [9.17, 15) is 13.2 Å². The van der Waals surface area contributed by atoms with E-state index in [4.69, 9.17) is 4.74 Å². The Morgan fingerprint density at radius 3 is 2.68 bits per heavy atom. The van der Waals surface area contributed by atoms with Gasteiger partial charge in [-0.2, -0.15) is 0 Å². The van der Waals surface area contributed by atoms with Crippen molar-refractivity contribution in [3.8, 4) is 11.5 Å². The van der Waals surface area contributed by atoms with Crippen LogP contribution in [-0.2, 0) is 10.0 Å². The van der Waals surface area contributed by atoms with Gasteiger partial charge in [-0.1, -0.05) is 12.1 Å². The molecule has 0 aliphatic carbocycles. The molecule has 3 rings (SSSR count). The van der Waals surface area contributed by atoms with Crippen LogP contribution in [0.5, 0.6) is 11.5 Å². The first-order valence-corrected chi connectivity index (χ1v) is 8.36. The lowest BCUT2D eigenvalue weighted by atomic mass is 10.1. The van der Waals surface area contributed by atoms with Crippen molar-refractivity contribution in [2.45, 2.75) is 6.92 Å². The van der Waals surface area contributed by atoms with E-state index < -0.39 is 10.0 Å². The van der Waals surface area contributed by atoms with Gasteiger partial charge in [-0.25, -0.2) is 8.42 Å². The lowest BCUT2D eigenvalue weighted by molar-refractivity contribution is 0.102. The minimum atomic E-state index is -3.40. The fourth-order valence-corrected chi connectivity index (χ4v) is 2.71. The fraction of sp³-hybridized carbons (Fsp3) is 0.133. The summed E-state index contributed by atoms with van der Waals surface area (Å²) in [6.45, 7) is 1.54. The first-order chi connectivity index (χ1) is 10.5. The van der Waals surface area contributed by atoms with Crippen molar-refractivity contribution in [3.63, 3.8) is 0 Å². The number of nitrogens with one attached hydrogen (secondary N) is 2. The summed E-state index contributed by atoms with van der Waals surface area (Å²) in [6.07, 6.45) is 0. The quantitative estimate of drug-likeness (QED) is 0.911. The van der Waals surface area contributed by atoms with Crippen molar-refractivity contribution < 1.29 is 17.9 Å². The van der Waals surface area contributed by atoms with Crippen LogP contribution in [0.2, 0.25) is 0 Å². The topological polar surface area (TPSA) is 84.5 Å². The second-order valence-electron chi connectivity index (χ2n) is 4.77. The molecule has 1 amide bonds. The van der Waals surface area contributed by atoms with E-state index in [0.717, 1.165) is 0 Å². The molecule has 0 saturated heterocycles. The van der Waals surface area contributed by atoms with Crippen molar-refractivity contribution in [1.82, 2.24) is 0 Å². The van der Waals surface area contributed by atoms with Gasteiger partial charge >= 0.3 is 0 Å². The summed E-state index contributed by atoms with van der Waals surface area (Å²) >= 11 is 0. The van der Waals surface area contributed by atoms with Gasteiger partial charge in [0.05, 0.1) is 17.0 Å². The van der Waals surface area contributed by atoms with Crippen molar-refractivity contribution in [1.29, 1.82) is 0 Å². The van der Waals surface area contributed by atoms with E-state index in [-0.39, 0.29) is 17.2 Å². The number of anilines is 2. The van der Waals surface area contributed by atoms with E-state index in [2.05, 4.69) is 10.0 Å². The summed E-state index contributed by atoms with van der Waals surface area (Å²) in [4.78, 5) is 12.3. The molecular weight excluding hydrogens is 304 g/mol. The molecule has 0 unspecified atom stereocenters.